The lowest BCUT2D eigenvalue weighted by Crippen LogP contribution is -2.42. The third kappa shape index (κ3) is 8.32. The Hall–Kier alpha value is -5.38. The number of aromatic nitrogens is 4. The predicted molar refractivity (Wildman–Crippen MR) is 207 cm³/mol. The molecule has 2 aliphatic heterocycles. The third-order valence-corrected chi connectivity index (χ3v) is 9.78. The molecule has 0 aliphatic carbocycles. The van der Waals surface area contributed by atoms with Crippen LogP contribution in [0.25, 0.3) is 44.8 Å². The van der Waals surface area contributed by atoms with E-state index in [9.17, 15) is 9.59 Å². The van der Waals surface area contributed by atoms with Crippen LogP contribution >= 0.6 is 0 Å². The van der Waals surface area contributed by atoms with Crippen molar-refractivity contribution in [1.82, 2.24) is 29.7 Å². The van der Waals surface area contributed by atoms with E-state index in [0.717, 1.165) is 88.5 Å². The highest BCUT2D eigenvalue weighted by Crippen LogP contribution is 2.35. The number of aromatic amines is 2. The van der Waals surface area contributed by atoms with Gasteiger partial charge in [-0.3, -0.25) is 9.80 Å². The van der Waals surface area contributed by atoms with Crippen molar-refractivity contribution in [1.29, 1.82) is 0 Å². The first-order chi connectivity index (χ1) is 25.3. The SMILES string of the molecule is CC(C)(C)OC(=O)N1CCCC[C@H]1c1ncc(-c2ccc(-c3ccc(-c4ccc(-c5cnc([C@@H]6CCCN6C(=O)OC(C)(C)C)[nH]5)cc4)cc3)cc2)[nH]1. The van der Waals surface area contributed by atoms with E-state index in [-0.39, 0.29) is 24.3 Å². The van der Waals surface area contributed by atoms with Crippen molar-refractivity contribution in [2.45, 2.75) is 96.9 Å². The van der Waals surface area contributed by atoms with Crippen LogP contribution in [-0.2, 0) is 9.47 Å². The summed E-state index contributed by atoms with van der Waals surface area (Å²) in [6.45, 7) is 12.7. The number of hydrogen-bond acceptors (Lipinski definition) is 6. The molecule has 7 rings (SSSR count). The molecule has 10 heteroatoms. The van der Waals surface area contributed by atoms with Gasteiger partial charge in [0.2, 0.25) is 0 Å². The Morgan fingerprint density at radius 2 is 0.887 bits per heavy atom. The molecule has 2 saturated heterocycles. The van der Waals surface area contributed by atoms with Gasteiger partial charge >= 0.3 is 12.2 Å². The second-order valence-corrected chi connectivity index (χ2v) is 16.1. The number of likely N-dealkylation sites (tertiary alicyclic amines) is 2. The Balaban J connectivity index is 0.988. The number of H-pyrrole nitrogens is 2. The minimum atomic E-state index is -0.542. The van der Waals surface area contributed by atoms with Gasteiger partial charge in [-0.2, -0.15) is 0 Å². The van der Waals surface area contributed by atoms with Crippen LogP contribution in [0.3, 0.4) is 0 Å². The van der Waals surface area contributed by atoms with Gasteiger partial charge in [0.05, 0.1) is 35.9 Å². The number of amides is 2. The fourth-order valence-electron chi connectivity index (χ4n) is 7.19. The number of carbonyl (C=O) groups excluding carboxylic acids is 2. The average Bonchev–Trinajstić information content (AvgIpc) is 3.92. The number of carbonyl (C=O) groups is 2. The zero-order valence-electron chi connectivity index (χ0n) is 31.6. The van der Waals surface area contributed by atoms with Crippen molar-refractivity contribution >= 4 is 12.2 Å². The summed E-state index contributed by atoms with van der Waals surface area (Å²) in [5, 5.41) is 0. The Bertz CT molecular complexity index is 2030. The standard InChI is InChI=1S/C43H50N6O4/c1-42(2,3)52-40(50)48-24-8-7-10-36(48)38-44-26-34(46-38)32-20-16-30(17-21-32)28-12-14-29(15-13-28)31-18-22-33(23-19-31)35-27-45-39(47-35)37-11-9-25-49(37)41(51)53-43(4,5)6/h12-23,26-27,36-37H,7-11,24-25H2,1-6H3,(H,44,46)(H,45,47)/t36-,37-/m0/s1. The average molecular weight is 715 g/mol. The largest absolute Gasteiger partial charge is 0.444 e. The first kappa shape index (κ1) is 36.0. The lowest BCUT2D eigenvalue weighted by molar-refractivity contribution is 0.00846. The Morgan fingerprint density at radius 1 is 0.547 bits per heavy atom. The maximum absolute atomic E-state index is 13.0. The predicted octanol–water partition coefficient (Wildman–Crippen LogP) is 10.3. The number of ether oxygens (including phenoxy) is 2. The van der Waals surface area contributed by atoms with Crippen molar-refractivity contribution in [2.75, 3.05) is 13.1 Å². The van der Waals surface area contributed by atoms with E-state index in [2.05, 4.69) is 87.7 Å². The monoisotopic (exact) mass is 714 g/mol. The van der Waals surface area contributed by atoms with E-state index in [1.807, 2.05) is 58.8 Å². The van der Waals surface area contributed by atoms with E-state index < -0.39 is 11.2 Å². The van der Waals surface area contributed by atoms with Gasteiger partial charge in [-0.15, -0.1) is 0 Å². The second kappa shape index (κ2) is 14.6. The molecule has 10 nitrogen and oxygen atoms in total. The van der Waals surface area contributed by atoms with Crippen LogP contribution in [0.1, 0.15) is 97.4 Å². The normalized spacial score (nSPS) is 17.9. The van der Waals surface area contributed by atoms with Gasteiger partial charge in [0.1, 0.15) is 22.9 Å². The summed E-state index contributed by atoms with van der Waals surface area (Å²) in [5.74, 6) is 1.58. The highest BCUT2D eigenvalue weighted by Gasteiger charge is 2.35. The quantitative estimate of drug-likeness (QED) is 0.181. The molecule has 4 heterocycles. The summed E-state index contributed by atoms with van der Waals surface area (Å²) in [6.07, 6.45) is 7.76. The molecule has 2 aliphatic rings. The Kier molecular flexibility index (Phi) is 9.89. The second-order valence-electron chi connectivity index (χ2n) is 16.1. The number of hydrogen-bond donors (Lipinski definition) is 2. The van der Waals surface area contributed by atoms with Crippen LogP contribution in [-0.4, -0.2) is 66.2 Å². The van der Waals surface area contributed by atoms with Crippen molar-refractivity contribution < 1.29 is 19.1 Å². The highest BCUT2D eigenvalue weighted by molar-refractivity contribution is 5.74. The van der Waals surface area contributed by atoms with Crippen LogP contribution in [0.4, 0.5) is 9.59 Å². The van der Waals surface area contributed by atoms with Crippen molar-refractivity contribution in [3.8, 4) is 44.8 Å². The molecule has 2 N–H and O–H groups in total. The maximum Gasteiger partial charge on any atom is 0.410 e. The number of piperidine rings is 1. The summed E-state index contributed by atoms with van der Waals surface area (Å²) in [6, 6.07) is 25.3. The van der Waals surface area contributed by atoms with Gasteiger partial charge in [0.15, 0.2) is 0 Å². The molecule has 2 amide bonds. The molecule has 2 atom stereocenters. The fraction of sp³-hybridized carbons (Fsp3) is 0.395. The van der Waals surface area contributed by atoms with Crippen LogP contribution in [0, 0.1) is 0 Å². The number of rotatable bonds is 6. The highest BCUT2D eigenvalue weighted by atomic mass is 16.6. The van der Waals surface area contributed by atoms with Crippen LogP contribution in [0.5, 0.6) is 0 Å². The molecule has 0 spiro atoms. The molecule has 0 unspecified atom stereocenters. The molecular weight excluding hydrogens is 665 g/mol. The third-order valence-electron chi connectivity index (χ3n) is 9.78. The number of nitrogens with one attached hydrogen (secondary N) is 2. The summed E-state index contributed by atoms with van der Waals surface area (Å²) in [5.41, 5.74) is 7.36. The van der Waals surface area contributed by atoms with E-state index >= 15 is 0 Å². The first-order valence-corrected chi connectivity index (χ1v) is 18.7. The van der Waals surface area contributed by atoms with Gasteiger partial charge in [0.25, 0.3) is 0 Å². The smallest absolute Gasteiger partial charge is 0.410 e. The minimum Gasteiger partial charge on any atom is -0.444 e. The van der Waals surface area contributed by atoms with Gasteiger partial charge in [0, 0.05) is 13.1 Å². The topological polar surface area (TPSA) is 116 Å². The number of benzene rings is 3. The molecule has 3 aromatic carbocycles. The zero-order chi connectivity index (χ0) is 37.3. The van der Waals surface area contributed by atoms with Crippen LogP contribution in [0.15, 0.2) is 85.2 Å². The molecule has 0 radical (unpaired) electrons. The summed E-state index contributed by atoms with van der Waals surface area (Å²) in [7, 11) is 0. The number of imidazole rings is 2. The summed E-state index contributed by atoms with van der Waals surface area (Å²) >= 11 is 0. The lowest BCUT2D eigenvalue weighted by Gasteiger charge is -2.35. The number of nitrogens with zero attached hydrogens (tertiary/aromatic N) is 4. The molecule has 53 heavy (non-hydrogen) atoms. The van der Waals surface area contributed by atoms with Gasteiger partial charge in [-0.1, -0.05) is 72.8 Å². The van der Waals surface area contributed by atoms with Crippen molar-refractivity contribution in [2.24, 2.45) is 0 Å². The van der Waals surface area contributed by atoms with E-state index in [1.165, 1.54) is 0 Å². The molecule has 5 aromatic rings. The van der Waals surface area contributed by atoms with Gasteiger partial charge in [-0.25, -0.2) is 19.6 Å². The zero-order valence-corrected chi connectivity index (χ0v) is 31.6. The summed E-state index contributed by atoms with van der Waals surface area (Å²) < 4.78 is 11.3. The lowest BCUT2D eigenvalue weighted by atomic mass is 9.98. The Morgan fingerprint density at radius 3 is 1.26 bits per heavy atom. The molecular formula is C43H50N6O4. The molecule has 2 fully saturated rings. The fourth-order valence-corrected chi connectivity index (χ4v) is 7.19. The van der Waals surface area contributed by atoms with E-state index in [1.54, 1.807) is 4.90 Å². The van der Waals surface area contributed by atoms with Crippen LogP contribution in [0.2, 0.25) is 0 Å². The molecule has 0 saturated carbocycles. The summed E-state index contributed by atoms with van der Waals surface area (Å²) in [4.78, 5) is 45.7. The van der Waals surface area contributed by atoms with E-state index in [0.29, 0.717) is 13.1 Å². The van der Waals surface area contributed by atoms with E-state index in [4.69, 9.17) is 14.5 Å². The molecule has 276 valence electrons. The van der Waals surface area contributed by atoms with Crippen molar-refractivity contribution in [3.63, 3.8) is 0 Å². The van der Waals surface area contributed by atoms with Gasteiger partial charge in [-0.05, 0) is 107 Å². The first-order valence-electron chi connectivity index (χ1n) is 18.7. The maximum atomic E-state index is 13.0. The molecule has 2 aromatic heterocycles. The molecule has 0 bridgehead atoms. The minimum absolute atomic E-state index is 0.115. The van der Waals surface area contributed by atoms with Gasteiger partial charge < -0.3 is 19.4 Å². The van der Waals surface area contributed by atoms with Crippen molar-refractivity contribution in [3.05, 3.63) is 96.8 Å². The van der Waals surface area contributed by atoms with Crippen LogP contribution < -0.4 is 0 Å². The Labute approximate surface area is 312 Å².